The topological polar surface area (TPSA) is 91.2 Å². The number of anilines is 3. The van der Waals surface area contributed by atoms with Gasteiger partial charge in [-0.3, -0.25) is 9.69 Å². The third-order valence-corrected chi connectivity index (χ3v) is 8.10. The van der Waals surface area contributed by atoms with Crippen LogP contribution >= 0.6 is 22.9 Å². The summed E-state index contributed by atoms with van der Waals surface area (Å²) in [6.45, 7) is 1.41. The first kappa shape index (κ1) is 27.4. The number of fused-ring (bicyclic) bond motifs is 2. The van der Waals surface area contributed by atoms with Crippen LogP contribution in [-0.4, -0.2) is 76.4 Å². The lowest BCUT2D eigenvalue weighted by Gasteiger charge is -2.34. The van der Waals surface area contributed by atoms with Crippen LogP contribution in [0.2, 0.25) is 5.02 Å². The number of hydrogen-bond donors (Lipinski definition) is 0. The van der Waals surface area contributed by atoms with Gasteiger partial charge in [-0.15, -0.1) is 15.6 Å². The maximum atomic E-state index is 13.8. The lowest BCUT2D eigenvalue weighted by atomic mass is 10.1. The van der Waals surface area contributed by atoms with Crippen LogP contribution in [0.15, 0.2) is 48.5 Å². The summed E-state index contributed by atoms with van der Waals surface area (Å²) in [7, 11) is 4.05. The molecular weight excluding hydrogens is 560 g/mol. The van der Waals surface area contributed by atoms with Gasteiger partial charge in [0.1, 0.15) is 11.5 Å². The summed E-state index contributed by atoms with van der Waals surface area (Å²) in [6, 6.07) is 14.6. The van der Waals surface area contributed by atoms with E-state index in [1.165, 1.54) is 21.3 Å². The first-order valence-electron chi connectivity index (χ1n) is 12.1. The molecule has 0 bridgehead atoms. The van der Waals surface area contributed by atoms with Crippen molar-refractivity contribution in [3.8, 4) is 10.4 Å². The Morgan fingerprint density at radius 2 is 1.79 bits per heavy atom. The molecule has 4 aromatic rings. The van der Waals surface area contributed by atoms with E-state index in [4.69, 9.17) is 20.9 Å². The van der Waals surface area contributed by atoms with Crippen LogP contribution in [0.3, 0.4) is 0 Å². The maximum absolute atomic E-state index is 13.8. The second-order valence-electron chi connectivity index (χ2n) is 9.80. The summed E-state index contributed by atoms with van der Waals surface area (Å²) in [6.07, 6.45) is 0.984. The third-order valence-electron chi connectivity index (χ3n) is 6.24. The average Bonchev–Trinajstić information content (AvgIpc) is 3.46. The number of rotatable bonds is 8. The Hall–Kier alpha value is -3.16. The Balaban J connectivity index is 1.59. The molecule has 0 radical (unpaired) electrons. The Morgan fingerprint density at radius 1 is 1.08 bits per heavy atom. The van der Waals surface area contributed by atoms with E-state index in [-0.39, 0.29) is 12.6 Å². The van der Waals surface area contributed by atoms with E-state index in [1.54, 1.807) is 18.2 Å². The molecule has 0 atom stereocenters. The fraction of sp³-hybridized carbons (Fsp3) is 0.308. The number of imidazole rings is 1. The molecule has 0 spiro atoms. The number of likely N-dealkylation sites (N-methyl/N-ethyl adjacent to an activating group) is 1. The van der Waals surface area contributed by atoms with Gasteiger partial charge < -0.3 is 14.4 Å². The predicted molar refractivity (Wildman–Crippen MR) is 157 cm³/mol. The van der Waals surface area contributed by atoms with Crippen LogP contribution in [0, 0.1) is 0 Å². The molecule has 1 aliphatic rings. The standard InChI is InChI=1S/C26H29ClN6O4S2/c1-29(2)12-13-31-21-14-19(10-11-20(21)28-26(31)30(3)4)32-16-33(37-39(5,35)36)22-15-23(38-24(22)25(32)34)17-6-8-18(27)9-7-17/h6-11,14-15H,12-13,16H2,1-5H3. The molecule has 39 heavy (non-hydrogen) atoms. The van der Waals surface area contributed by atoms with Gasteiger partial charge in [-0.2, -0.15) is 8.42 Å². The number of thiophene rings is 1. The monoisotopic (exact) mass is 588 g/mol. The molecule has 5 rings (SSSR count). The SMILES string of the molecule is CN(C)CCn1c(N(C)C)nc2ccc(N3CN(OS(C)(=O)=O)c4cc(-c5ccc(Cl)cc5)sc4C3=O)cc21. The zero-order valence-corrected chi connectivity index (χ0v) is 24.6. The average molecular weight is 589 g/mol. The van der Waals surface area contributed by atoms with E-state index >= 15 is 0 Å². The predicted octanol–water partition coefficient (Wildman–Crippen LogP) is 4.36. The molecule has 3 heterocycles. The molecular formula is C26H29ClN6O4S2. The number of nitrogens with zero attached hydrogens (tertiary/aromatic N) is 6. The minimum absolute atomic E-state index is 0.104. The van der Waals surface area contributed by atoms with Crippen LogP contribution in [0.5, 0.6) is 0 Å². The molecule has 0 N–H and O–H groups in total. The van der Waals surface area contributed by atoms with Gasteiger partial charge in [-0.05, 0) is 56.1 Å². The third kappa shape index (κ3) is 5.61. The minimum atomic E-state index is -3.86. The fourth-order valence-electron chi connectivity index (χ4n) is 4.42. The smallest absolute Gasteiger partial charge is 0.285 e. The van der Waals surface area contributed by atoms with Gasteiger partial charge in [-0.25, -0.2) is 10.0 Å². The fourth-order valence-corrected chi connectivity index (χ4v) is 6.11. The molecule has 0 fully saturated rings. The summed E-state index contributed by atoms with van der Waals surface area (Å²) in [4.78, 5) is 25.4. The summed E-state index contributed by atoms with van der Waals surface area (Å²) < 4.78 is 31.8. The number of hydroxylamine groups is 1. The molecule has 0 saturated heterocycles. The van der Waals surface area contributed by atoms with Crippen molar-refractivity contribution in [3.05, 3.63) is 58.4 Å². The van der Waals surface area contributed by atoms with Crippen LogP contribution < -0.4 is 14.9 Å². The van der Waals surface area contributed by atoms with Gasteiger partial charge in [-0.1, -0.05) is 23.7 Å². The van der Waals surface area contributed by atoms with Crippen molar-refractivity contribution in [2.45, 2.75) is 6.54 Å². The summed E-state index contributed by atoms with van der Waals surface area (Å²) in [5.74, 6) is 0.569. The second-order valence-corrected chi connectivity index (χ2v) is 12.8. The highest BCUT2D eigenvalue weighted by Crippen LogP contribution is 2.42. The van der Waals surface area contributed by atoms with Crippen molar-refractivity contribution >= 4 is 67.3 Å². The highest BCUT2D eigenvalue weighted by atomic mass is 35.5. The number of carbonyl (C=O) groups is 1. The Morgan fingerprint density at radius 3 is 2.44 bits per heavy atom. The molecule has 0 saturated carbocycles. The van der Waals surface area contributed by atoms with E-state index < -0.39 is 10.1 Å². The van der Waals surface area contributed by atoms with Gasteiger partial charge in [0.05, 0.1) is 23.0 Å². The van der Waals surface area contributed by atoms with E-state index in [9.17, 15) is 13.2 Å². The van der Waals surface area contributed by atoms with Crippen LogP contribution in [0.4, 0.5) is 17.3 Å². The van der Waals surface area contributed by atoms with Crippen molar-refractivity contribution in [3.63, 3.8) is 0 Å². The second kappa shape index (κ2) is 10.4. The first-order chi connectivity index (χ1) is 18.4. The molecule has 13 heteroatoms. The van der Waals surface area contributed by atoms with Crippen LogP contribution in [-0.2, 0) is 20.9 Å². The van der Waals surface area contributed by atoms with Gasteiger partial charge in [0.25, 0.3) is 16.0 Å². The Bertz CT molecular complexity index is 1650. The van der Waals surface area contributed by atoms with Gasteiger partial charge in [0.15, 0.2) is 0 Å². The molecule has 206 valence electrons. The highest BCUT2D eigenvalue weighted by molar-refractivity contribution is 7.86. The van der Waals surface area contributed by atoms with E-state index in [2.05, 4.69) is 9.47 Å². The lowest BCUT2D eigenvalue weighted by Crippen LogP contribution is -2.47. The number of benzene rings is 2. The molecule has 2 aromatic heterocycles. The number of hydrogen-bond acceptors (Lipinski definition) is 9. The largest absolute Gasteiger partial charge is 0.348 e. The summed E-state index contributed by atoms with van der Waals surface area (Å²) in [5, 5.41) is 1.85. The van der Waals surface area contributed by atoms with Crippen molar-refractivity contribution < 1.29 is 17.5 Å². The quantitative estimate of drug-likeness (QED) is 0.300. The van der Waals surface area contributed by atoms with Crippen molar-refractivity contribution in [2.24, 2.45) is 0 Å². The lowest BCUT2D eigenvalue weighted by molar-refractivity contribution is 0.0973. The Labute approximate surface area is 236 Å². The molecule has 1 aliphatic heterocycles. The van der Waals surface area contributed by atoms with Crippen LogP contribution in [0.25, 0.3) is 21.5 Å². The van der Waals surface area contributed by atoms with Crippen molar-refractivity contribution in [2.75, 3.05) is 62.5 Å². The minimum Gasteiger partial charge on any atom is -0.348 e. The zero-order valence-electron chi connectivity index (χ0n) is 22.3. The molecule has 1 amide bonds. The number of aromatic nitrogens is 2. The maximum Gasteiger partial charge on any atom is 0.285 e. The molecule has 2 aromatic carbocycles. The van der Waals surface area contributed by atoms with Crippen molar-refractivity contribution in [1.29, 1.82) is 0 Å². The molecule has 0 aliphatic carbocycles. The Kier molecular flexibility index (Phi) is 7.33. The molecule has 0 unspecified atom stereocenters. The van der Waals surface area contributed by atoms with Gasteiger partial charge in [0, 0.05) is 42.8 Å². The highest BCUT2D eigenvalue weighted by Gasteiger charge is 2.35. The van der Waals surface area contributed by atoms with Crippen LogP contribution in [0.1, 0.15) is 9.67 Å². The summed E-state index contributed by atoms with van der Waals surface area (Å²) >= 11 is 7.33. The van der Waals surface area contributed by atoms with E-state index in [1.807, 2.05) is 63.4 Å². The van der Waals surface area contributed by atoms with Gasteiger partial charge >= 0.3 is 0 Å². The normalized spacial score (nSPS) is 14.0. The number of carbonyl (C=O) groups excluding carboxylic acids is 1. The van der Waals surface area contributed by atoms with E-state index in [0.29, 0.717) is 27.8 Å². The number of halogens is 1. The first-order valence-corrected chi connectivity index (χ1v) is 15.1. The van der Waals surface area contributed by atoms with E-state index in [0.717, 1.165) is 40.2 Å². The van der Waals surface area contributed by atoms with Gasteiger partial charge in [0.2, 0.25) is 5.95 Å². The zero-order chi connectivity index (χ0) is 28.1. The van der Waals surface area contributed by atoms with Crippen molar-refractivity contribution in [1.82, 2.24) is 14.5 Å². The number of amides is 1. The summed E-state index contributed by atoms with van der Waals surface area (Å²) in [5.41, 5.74) is 3.55. The molecule has 10 nitrogen and oxygen atoms in total.